The highest BCUT2D eigenvalue weighted by Gasteiger charge is 2.37. The van der Waals surface area contributed by atoms with Crippen LogP contribution in [0, 0.1) is 0 Å². The fourth-order valence-electron chi connectivity index (χ4n) is 4.89. The number of aromatic nitrogens is 2. The Morgan fingerprint density at radius 2 is 1.59 bits per heavy atom. The summed E-state index contributed by atoms with van der Waals surface area (Å²) in [5.74, 6) is -0.748. The summed E-state index contributed by atoms with van der Waals surface area (Å²) in [7, 11) is 0. The van der Waals surface area contributed by atoms with E-state index in [0.29, 0.717) is 6.54 Å². The molecule has 0 unspecified atom stereocenters. The van der Waals surface area contributed by atoms with Gasteiger partial charge in [-0.25, -0.2) is 4.79 Å². The molecule has 4 rings (SSSR count). The summed E-state index contributed by atoms with van der Waals surface area (Å²) in [6, 6.07) is 19.0. The van der Waals surface area contributed by atoms with Gasteiger partial charge in [-0.1, -0.05) is 86.8 Å². The summed E-state index contributed by atoms with van der Waals surface area (Å²) in [6.45, 7) is 2.41. The molecule has 1 saturated carbocycles. The zero-order valence-electron chi connectivity index (χ0n) is 19.6. The third kappa shape index (κ3) is 4.69. The largest absolute Gasteiger partial charge is 0.383 e. The van der Waals surface area contributed by atoms with Gasteiger partial charge in [-0.05, 0) is 30.4 Å². The van der Waals surface area contributed by atoms with Gasteiger partial charge in [-0.2, -0.15) is 0 Å². The molecule has 1 amide bonds. The van der Waals surface area contributed by atoms with E-state index in [1.54, 1.807) is 4.90 Å². The Morgan fingerprint density at radius 3 is 2.12 bits per heavy atom. The fourth-order valence-corrected chi connectivity index (χ4v) is 4.89. The van der Waals surface area contributed by atoms with Gasteiger partial charge in [0.1, 0.15) is 5.82 Å². The second-order valence-electron chi connectivity index (χ2n) is 8.90. The van der Waals surface area contributed by atoms with Crippen LogP contribution in [0.1, 0.15) is 62.5 Å². The zero-order valence-corrected chi connectivity index (χ0v) is 19.6. The highest BCUT2D eigenvalue weighted by Crippen LogP contribution is 2.35. The number of nitrogens with zero attached hydrogens (tertiary/aromatic N) is 2. The average molecular weight is 461 g/mol. The number of benzene rings is 2. The number of carbonyl (C=O) groups is 1. The van der Waals surface area contributed by atoms with E-state index in [1.807, 2.05) is 67.6 Å². The first-order chi connectivity index (χ1) is 16.5. The van der Waals surface area contributed by atoms with E-state index < -0.39 is 17.2 Å². The van der Waals surface area contributed by atoms with Crippen LogP contribution in [-0.4, -0.2) is 21.5 Å². The number of aromatic amines is 1. The van der Waals surface area contributed by atoms with E-state index in [1.165, 1.54) is 4.57 Å². The van der Waals surface area contributed by atoms with Gasteiger partial charge >= 0.3 is 5.69 Å². The number of hydrogen-bond acceptors (Lipinski definition) is 4. The standard InChI is InChI=1S/C27H32N4O3/c1-2-3-18-30-24(28)23(25(32)29-27(30)34)31(21-16-10-11-17-21)26(33)22(19-12-6-4-7-13-19)20-14-8-5-9-15-20/h4-9,12-15,21-22H,2-3,10-11,16-18,28H2,1H3,(H,29,32,34). The second kappa shape index (κ2) is 10.5. The van der Waals surface area contributed by atoms with Crippen LogP contribution in [-0.2, 0) is 11.3 Å². The Bertz CT molecular complexity index is 1190. The summed E-state index contributed by atoms with van der Waals surface area (Å²) in [6.07, 6.45) is 5.13. The number of rotatable bonds is 8. The number of nitrogens with two attached hydrogens (primary N) is 1. The van der Waals surface area contributed by atoms with E-state index in [0.717, 1.165) is 49.7 Å². The maximum atomic E-state index is 14.4. The van der Waals surface area contributed by atoms with Crippen LogP contribution in [0.5, 0.6) is 0 Å². The van der Waals surface area contributed by atoms with Crippen LogP contribution in [0.3, 0.4) is 0 Å². The van der Waals surface area contributed by atoms with E-state index in [-0.39, 0.29) is 23.5 Å². The van der Waals surface area contributed by atoms with Gasteiger partial charge in [0.05, 0.1) is 5.92 Å². The van der Waals surface area contributed by atoms with Crippen LogP contribution in [0.4, 0.5) is 11.5 Å². The lowest BCUT2D eigenvalue weighted by molar-refractivity contribution is -0.119. The highest BCUT2D eigenvalue weighted by molar-refractivity contribution is 6.02. The van der Waals surface area contributed by atoms with Crippen LogP contribution >= 0.6 is 0 Å². The van der Waals surface area contributed by atoms with Gasteiger partial charge in [0, 0.05) is 12.6 Å². The third-order valence-electron chi connectivity index (χ3n) is 6.63. The molecule has 178 valence electrons. The van der Waals surface area contributed by atoms with Crippen molar-refractivity contribution in [3.05, 3.63) is 92.6 Å². The molecule has 3 N–H and O–H groups in total. The molecule has 0 atom stereocenters. The minimum Gasteiger partial charge on any atom is -0.383 e. The Balaban J connectivity index is 1.89. The van der Waals surface area contributed by atoms with Crippen molar-refractivity contribution in [1.82, 2.24) is 9.55 Å². The Morgan fingerprint density at radius 1 is 1.03 bits per heavy atom. The quantitative estimate of drug-likeness (QED) is 0.530. The molecule has 1 aliphatic rings. The van der Waals surface area contributed by atoms with Crippen molar-refractivity contribution < 1.29 is 4.79 Å². The van der Waals surface area contributed by atoms with E-state index in [9.17, 15) is 14.4 Å². The average Bonchev–Trinajstić information content (AvgIpc) is 3.37. The molecule has 3 aromatic rings. The molecule has 1 aliphatic carbocycles. The Labute approximate surface area is 199 Å². The normalized spacial score (nSPS) is 13.9. The van der Waals surface area contributed by atoms with E-state index in [4.69, 9.17) is 5.73 Å². The first kappa shape index (κ1) is 23.5. The number of nitrogen functional groups attached to an aromatic ring is 1. The maximum Gasteiger partial charge on any atom is 0.330 e. The minimum absolute atomic E-state index is 0.0577. The summed E-state index contributed by atoms with van der Waals surface area (Å²) in [5, 5.41) is 0. The summed E-state index contributed by atoms with van der Waals surface area (Å²) >= 11 is 0. The van der Waals surface area contributed by atoms with Gasteiger partial charge in [0.25, 0.3) is 5.56 Å². The number of carbonyl (C=O) groups excluding carboxylic acids is 1. The maximum absolute atomic E-state index is 14.4. The van der Waals surface area contributed by atoms with Crippen molar-refractivity contribution in [1.29, 1.82) is 0 Å². The molecule has 0 bridgehead atoms. The molecule has 1 fully saturated rings. The lowest BCUT2D eigenvalue weighted by Gasteiger charge is -2.33. The van der Waals surface area contributed by atoms with Crippen molar-refractivity contribution in [2.45, 2.75) is 64.0 Å². The van der Waals surface area contributed by atoms with E-state index in [2.05, 4.69) is 4.98 Å². The van der Waals surface area contributed by atoms with Crippen LogP contribution in [0.2, 0.25) is 0 Å². The van der Waals surface area contributed by atoms with Gasteiger partial charge < -0.3 is 10.6 Å². The summed E-state index contributed by atoms with van der Waals surface area (Å²) in [4.78, 5) is 44.1. The minimum atomic E-state index is -0.615. The molecule has 0 radical (unpaired) electrons. The third-order valence-corrected chi connectivity index (χ3v) is 6.63. The smallest absolute Gasteiger partial charge is 0.330 e. The lowest BCUT2D eigenvalue weighted by atomic mass is 9.89. The summed E-state index contributed by atoms with van der Waals surface area (Å²) in [5.41, 5.74) is 7.08. The predicted molar refractivity (Wildman–Crippen MR) is 135 cm³/mol. The zero-order chi connectivity index (χ0) is 24.1. The molecule has 0 aliphatic heterocycles. The van der Waals surface area contributed by atoms with Crippen molar-refractivity contribution in [2.24, 2.45) is 0 Å². The Kier molecular flexibility index (Phi) is 7.30. The molecule has 2 aromatic carbocycles. The Hall–Kier alpha value is -3.61. The van der Waals surface area contributed by atoms with Crippen molar-refractivity contribution in [3.8, 4) is 0 Å². The lowest BCUT2D eigenvalue weighted by Crippen LogP contribution is -2.47. The van der Waals surface area contributed by atoms with Crippen LogP contribution in [0.25, 0.3) is 0 Å². The number of hydrogen-bond donors (Lipinski definition) is 2. The summed E-state index contributed by atoms with van der Waals surface area (Å²) < 4.78 is 1.38. The predicted octanol–water partition coefficient (Wildman–Crippen LogP) is 4.03. The number of H-pyrrole nitrogens is 1. The SMILES string of the molecule is CCCCn1c(N)c(N(C(=O)C(c2ccccc2)c2ccccc2)C2CCCC2)c(=O)[nH]c1=O. The number of nitrogens with one attached hydrogen (secondary N) is 1. The molecule has 0 spiro atoms. The highest BCUT2D eigenvalue weighted by atomic mass is 16.2. The molecular weight excluding hydrogens is 428 g/mol. The van der Waals surface area contributed by atoms with Crippen molar-refractivity contribution in [2.75, 3.05) is 10.6 Å². The molecular formula is C27H32N4O3. The van der Waals surface area contributed by atoms with Crippen molar-refractivity contribution >= 4 is 17.4 Å². The first-order valence-electron chi connectivity index (χ1n) is 12.1. The van der Waals surface area contributed by atoms with Gasteiger partial charge in [-0.3, -0.25) is 19.1 Å². The van der Waals surface area contributed by atoms with Crippen LogP contribution in [0.15, 0.2) is 70.3 Å². The van der Waals surface area contributed by atoms with Gasteiger partial charge in [-0.15, -0.1) is 0 Å². The first-order valence-corrected chi connectivity index (χ1v) is 12.1. The number of anilines is 2. The number of amides is 1. The topological polar surface area (TPSA) is 101 Å². The second-order valence-corrected chi connectivity index (χ2v) is 8.90. The molecule has 7 nitrogen and oxygen atoms in total. The van der Waals surface area contributed by atoms with Crippen LogP contribution < -0.4 is 21.9 Å². The number of unbranched alkanes of at least 4 members (excludes halogenated alkanes) is 1. The monoisotopic (exact) mass is 460 g/mol. The van der Waals surface area contributed by atoms with E-state index >= 15 is 0 Å². The van der Waals surface area contributed by atoms with Crippen molar-refractivity contribution in [3.63, 3.8) is 0 Å². The van der Waals surface area contributed by atoms with Gasteiger partial charge in [0.15, 0.2) is 5.69 Å². The fraction of sp³-hybridized carbons (Fsp3) is 0.370. The van der Waals surface area contributed by atoms with Gasteiger partial charge in [0.2, 0.25) is 5.91 Å². The molecule has 1 heterocycles. The molecule has 1 aromatic heterocycles. The molecule has 0 saturated heterocycles. The molecule has 34 heavy (non-hydrogen) atoms. The molecule has 7 heteroatoms.